The van der Waals surface area contributed by atoms with E-state index in [1.807, 2.05) is 0 Å². The number of ether oxygens (including phenoxy) is 4. The Balaban J connectivity index is 0.00000122. The highest BCUT2D eigenvalue weighted by Gasteiger charge is 2.48. The zero-order chi connectivity index (χ0) is 21.6. The van der Waals surface area contributed by atoms with E-state index >= 15 is 0 Å². The topological polar surface area (TPSA) is 189 Å². The zero-order valence-corrected chi connectivity index (χ0v) is 15.6. The summed E-state index contributed by atoms with van der Waals surface area (Å²) in [4.78, 5) is 28.3. The molecule has 162 valence electrons. The van der Waals surface area contributed by atoms with E-state index in [4.69, 9.17) is 33.6 Å². The van der Waals surface area contributed by atoms with Gasteiger partial charge in [0.15, 0.2) is 6.29 Å². The summed E-state index contributed by atoms with van der Waals surface area (Å²) in [6.45, 7) is 4.39. The summed E-state index contributed by atoms with van der Waals surface area (Å²) in [6, 6.07) is 0. The molecule has 12 heteroatoms. The number of carbonyl (C=O) groups is 1. The van der Waals surface area contributed by atoms with Crippen LogP contribution in [0.5, 0.6) is 0 Å². The minimum absolute atomic E-state index is 0.210. The summed E-state index contributed by atoms with van der Waals surface area (Å²) in [5.41, 5.74) is -0.641. The smallest absolute Gasteiger partial charge is 0.373 e. The quantitative estimate of drug-likeness (QED) is 0.311. The Bertz CT molecular complexity index is 540. The molecule has 0 bridgehead atoms. The number of aliphatic hydroxyl groups excluding tert-OH is 5. The highest BCUT2D eigenvalue weighted by molar-refractivity contribution is 5.87. The highest BCUT2D eigenvalue weighted by Crippen LogP contribution is 2.27. The van der Waals surface area contributed by atoms with Crippen molar-refractivity contribution in [2.75, 3.05) is 13.2 Å². The van der Waals surface area contributed by atoms with E-state index in [2.05, 4.69) is 0 Å². The summed E-state index contributed by atoms with van der Waals surface area (Å²) in [5, 5.41) is 48.9. The van der Waals surface area contributed by atoms with Crippen LogP contribution in [0.15, 0.2) is 0 Å². The van der Waals surface area contributed by atoms with Gasteiger partial charge >= 0.3 is 6.15 Å². The number of Topliss-reactive ketones (excluding diaryl/α,β-unsaturated/α-hetero) is 1. The number of hydrogen-bond donors (Lipinski definition) is 5. The lowest BCUT2D eigenvalue weighted by Crippen LogP contribution is -2.61. The van der Waals surface area contributed by atoms with Crippen LogP contribution in [0.2, 0.25) is 0 Å². The lowest BCUT2D eigenvalue weighted by atomic mass is 10.00. The van der Waals surface area contributed by atoms with Crippen molar-refractivity contribution in [3.05, 3.63) is 0 Å². The third-order valence-corrected chi connectivity index (χ3v) is 3.88. The number of aliphatic hydroxyl groups is 5. The Hall–Kier alpha value is -1.31. The van der Waals surface area contributed by atoms with E-state index in [0.29, 0.717) is 0 Å². The molecular weight excluding hydrogens is 384 g/mol. The first-order chi connectivity index (χ1) is 13.0. The minimum Gasteiger partial charge on any atom is -0.394 e. The second-order valence-corrected chi connectivity index (χ2v) is 7.20. The fourth-order valence-corrected chi connectivity index (χ4v) is 2.60. The van der Waals surface area contributed by atoms with Crippen molar-refractivity contribution in [2.24, 2.45) is 0 Å². The second-order valence-electron chi connectivity index (χ2n) is 7.20. The molecule has 0 radical (unpaired) electrons. The van der Waals surface area contributed by atoms with Crippen LogP contribution in [0.4, 0.5) is 0 Å². The average molecular weight is 410 g/mol. The van der Waals surface area contributed by atoms with Crippen LogP contribution in [0.3, 0.4) is 0 Å². The van der Waals surface area contributed by atoms with Gasteiger partial charge in [0.1, 0.15) is 36.6 Å². The van der Waals surface area contributed by atoms with Crippen LogP contribution in [0.1, 0.15) is 20.8 Å². The molecule has 2 aliphatic heterocycles. The van der Waals surface area contributed by atoms with E-state index in [-0.39, 0.29) is 12.8 Å². The third-order valence-electron chi connectivity index (χ3n) is 3.88. The molecule has 0 aromatic rings. The van der Waals surface area contributed by atoms with Gasteiger partial charge in [-0.15, -0.1) is 0 Å². The Morgan fingerprint density at radius 2 is 1.71 bits per heavy atom. The fraction of sp³-hybridized carbons (Fsp3) is 0.875. The number of ketones is 1. The number of carbonyl (C=O) groups excluding carboxylic acids is 3. The first-order valence-corrected chi connectivity index (χ1v) is 8.43. The van der Waals surface area contributed by atoms with Crippen LogP contribution < -0.4 is 0 Å². The summed E-state index contributed by atoms with van der Waals surface area (Å²) in [5.74, 6) is -0.976. The van der Waals surface area contributed by atoms with Gasteiger partial charge < -0.3 is 44.5 Å². The molecule has 8 atom stereocenters. The second kappa shape index (κ2) is 10.5. The summed E-state index contributed by atoms with van der Waals surface area (Å²) >= 11 is 0. The SMILES string of the molecule is CC(C)(C)O[C@@H]1OC[C@@H](O)[C@H](O[C@@H]2OC(CO)[C@@H](O)[C@H](O)C2=O)C1O.O=C=O. The molecule has 2 aliphatic rings. The maximum atomic E-state index is 12.0. The molecule has 2 fully saturated rings. The lowest BCUT2D eigenvalue weighted by Gasteiger charge is -2.42. The Morgan fingerprint density at radius 1 is 1.14 bits per heavy atom. The lowest BCUT2D eigenvalue weighted by molar-refractivity contribution is -0.326. The average Bonchev–Trinajstić information content (AvgIpc) is 2.60. The van der Waals surface area contributed by atoms with Gasteiger partial charge in [-0.25, -0.2) is 0 Å². The fourth-order valence-electron chi connectivity index (χ4n) is 2.60. The summed E-state index contributed by atoms with van der Waals surface area (Å²) < 4.78 is 21.3. The molecule has 12 nitrogen and oxygen atoms in total. The first kappa shape index (κ1) is 24.7. The van der Waals surface area contributed by atoms with Crippen LogP contribution in [0.25, 0.3) is 0 Å². The van der Waals surface area contributed by atoms with Crippen molar-refractivity contribution >= 4 is 11.9 Å². The van der Waals surface area contributed by atoms with Crippen molar-refractivity contribution in [3.63, 3.8) is 0 Å². The Labute approximate surface area is 160 Å². The van der Waals surface area contributed by atoms with Gasteiger partial charge in [0.25, 0.3) is 0 Å². The molecule has 0 saturated carbocycles. The molecule has 0 aliphatic carbocycles. The molecule has 2 rings (SSSR count). The van der Waals surface area contributed by atoms with Gasteiger partial charge in [0, 0.05) is 0 Å². The Morgan fingerprint density at radius 3 is 2.21 bits per heavy atom. The molecule has 0 aromatic carbocycles. The van der Waals surface area contributed by atoms with Crippen LogP contribution >= 0.6 is 0 Å². The molecule has 2 unspecified atom stereocenters. The summed E-state index contributed by atoms with van der Waals surface area (Å²) in [6.07, 6.45) is -11.2. The van der Waals surface area contributed by atoms with Crippen molar-refractivity contribution in [2.45, 2.75) is 75.6 Å². The Kier molecular flexibility index (Phi) is 9.24. The van der Waals surface area contributed by atoms with Gasteiger partial charge in [-0.3, -0.25) is 4.79 Å². The van der Waals surface area contributed by atoms with Crippen LogP contribution in [-0.2, 0) is 33.3 Å². The minimum atomic E-state index is -1.81. The maximum Gasteiger partial charge on any atom is 0.373 e. The van der Waals surface area contributed by atoms with E-state index in [0.717, 1.165) is 0 Å². The number of hydrogen-bond acceptors (Lipinski definition) is 12. The van der Waals surface area contributed by atoms with Gasteiger partial charge in [0.2, 0.25) is 12.1 Å². The van der Waals surface area contributed by atoms with Gasteiger partial charge in [-0.1, -0.05) is 0 Å². The molecule has 0 amide bonds. The highest BCUT2D eigenvalue weighted by atomic mass is 16.7. The molecule has 0 spiro atoms. The molecule has 5 N–H and O–H groups in total. The van der Waals surface area contributed by atoms with Crippen LogP contribution in [-0.4, -0.2) is 105 Å². The van der Waals surface area contributed by atoms with Gasteiger partial charge in [-0.05, 0) is 20.8 Å². The molecule has 0 aromatic heterocycles. The first-order valence-electron chi connectivity index (χ1n) is 8.43. The van der Waals surface area contributed by atoms with E-state index in [9.17, 15) is 25.2 Å². The van der Waals surface area contributed by atoms with Crippen molar-refractivity contribution in [1.29, 1.82) is 0 Å². The molecule has 28 heavy (non-hydrogen) atoms. The predicted molar refractivity (Wildman–Crippen MR) is 85.2 cm³/mol. The normalized spacial score (nSPS) is 38.9. The predicted octanol–water partition coefficient (Wildman–Crippen LogP) is -3.31. The van der Waals surface area contributed by atoms with E-state index in [1.54, 1.807) is 20.8 Å². The number of rotatable bonds is 4. The van der Waals surface area contributed by atoms with Crippen molar-refractivity contribution in [3.8, 4) is 0 Å². The van der Waals surface area contributed by atoms with Gasteiger partial charge in [-0.2, -0.15) is 9.59 Å². The molecule has 2 heterocycles. The maximum absolute atomic E-state index is 12.0. The van der Waals surface area contributed by atoms with Gasteiger partial charge in [0.05, 0.1) is 18.8 Å². The van der Waals surface area contributed by atoms with E-state index in [1.165, 1.54) is 0 Å². The molecular formula is C16H26O12. The standard InChI is InChI=1S/C15H26O10.CO2/c1-15(2,3)25-13-11(21)12(6(17)5-22-13)24-14-10(20)9(19)8(18)7(4-16)23-14;2-1-3/h6-9,11-14,16-19,21H,4-5H2,1-3H3;/t6-,7?,8-,9+,11?,12+,13+,14+;/m1./s1. The van der Waals surface area contributed by atoms with Crippen molar-refractivity contribution in [1.82, 2.24) is 0 Å². The zero-order valence-electron chi connectivity index (χ0n) is 15.6. The third kappa shape index (κ3) is 6.36. The van der Waals surface area contributed by atoms with E-state index < -0.39 is 67.2 Å². The monoisotopic (exact) mass is 410 g/mol. The largest absolute Gasteiger partial charge is 0.394 e. The summed E-state index contributed by atoms with van der Waals surface area (Å²) in [7, 11) is 0. The molecule has 2 saturated heterocycles. The van der Waals surface area contributed by atoms with Crippen molar-refractivity contribution < 1.29 is 58.9 Å². The van der Waals surface area contributed by atoms with Crippen LogP contribution in [0, 0.1) is 0 Å².